The number of carbonyl (C=O) groups excluding carboxylic acids is 1. The molecule has 126 valence electrons. The molecule has 0 spiro atoms. The van der Waals surface area contributed by atoms with Crippen molar-refractivity contribution in [3.05, 3.63) is 17.5 Å². The summed E-state index contributed by atoms with van der Waals surface area (Å²) < 4.78 is 0. The number of hydrogen-bond acceptors (Lipinski definition) is 4. The standard InChI is InChI=1S/C18H28N4O/c1-14-11-16(13-19-17(23)12-15-7-3-4-8-15)21-18(20-14)22-9-5-2-6-10-22/h11,15H,2-10,12-13H2,1H3,(H,19,23). The molecule has 0 aromatic carbocycles. The van der Waals surface area contributed by atoms with Crippen molar-refractivity contribution >= 4 is 11.9 Å². The number of aromatic nitrogens is 2. The van der Waals surface area contributed by atoms with Gasteiger partial charge in [-0.15, -0.1) is 0 Å². The third kappa shape index (κ3) is 4.66. The van der Waals surface area contributed by atoms with E-state index in [9.17, 15) is 4.79 Å². The highest BCUT2D eigenvalue weighted by Gasteiger charge is 2.19. The predicted octanol–water partition coefficient (Wildman–Crippen LogP) is 2.97. The van der Waals surface area contributed by atoms with Crippen LogP contribution in [0.3, 0.4) is 0 Å². The Hall–Kier alpha value is -1.65. The van der Waals surface area contributed by atoms with E-state index in [1.807, 2.05) is 13.0 Å². The average Bonchev–Trinajstić information content (AvgIpc) is 3.06. The van der Waals surface area contributed by atoms with Gasteiger partial charge in [0.1, 0.15) is 0 Å². The molecule has 1 amide bonds. The van der Waals surface area contributed by atoms with Crippen molar-refractivity contribution in [3.8, 4) is 0 Å². The summed E-state index contributed by atoms with van der Waals surface area (Å²) in [5.41, 5.74) is 1.89. The summed E-state index contributed by atoms with van der Waals surface area (Å²) in [7, 11) is 0. The Bertz CT molecular complexity index is 534. The molecule has 1 aromatic rings. The van der Waals surface area contributed by atoms with Crippen LogP contribution < -0.4 is 10.2 Å². The Kier molecular flexibility index (Phi) is 5.47. The molecular formula is C18H28N4O. The van der Waals surface area contributed by atoms with E-state index in [2.05, 4.69) is 20.2 Å². The van der Waals surface area contributed by atoms with Crippen LogP contribution in [-0.4, -0.2) is 29.0 Å². The van der Waals surface area contributed by atoms with Crippen molar-refractivity contribution in [1.82, 2.24) is 15.3 Å². The monoisotopic (exact) mass is 316 g/mol. The molecular weight excluding hydrogens is 288 g/mol. The molecule has 2 heterocycles. The lowest BCUT2D eigenvalue weighted by Crippen LogP contribution is -2.32. The number of carbonyl (C=O) groups is 1. The van der Waals surface area contributed by atoms with Crippen LogP contribution >= 0.6 is 0 Å². The van der Waals surface area contributed by atoms with Crippen LogP contribution in [0.25, 0.3) is 0 Å². The van der Waals surface area contributed by atoms with Gasteiger partial charge in [-0.3, -0.25) is 4.79 Å². The van der Waals surface area contributed by atoms with Crippen LogP contribution in [0.5, 0.6) is 0 Å². The minimum atomic E-state index is 0.160. The highest BCUT2D eigenvalue weighted by atomic mass is 16.1. The molecule has 1 aromatic heterocycles. The second kappa shape index (κ2) is 7.75. The van der Waals surface area contributed by atoms with E-state index in [0.717, 1.165) is 30.4 Å². The molecule has 1 aliphatic heterocycles. The van der Waals surface area contributed by atoms with Crippen molar-refractivity contribution in [2.45, 2.75) is 64.8 Å². The lowest BCUT2D eigenvalue weighted by molar-refractivity contribution is -0.122. The van der Waals surface area contributed by atoms with E-state index < -0.39 is 0 Å². The van der Waals surface area contributed by atoms with Gasteiger partial charge in [-0.2, -0.15) is 0 Å². The molecule has 5 nitrogen and oxygen atoms in total. The number of piperidine rings is 1. The molecule has 0 atom stereocenters. The highest BCUT2D eigenvalue weighted by Crippen LogP contribution is 2.27. The van der Waals surface area contributed by atoms with Gasteiger partial charge in [0.05, 0.1) is 12.2 Å². The van der Waals surface area contributed by atoms with Gasteiger partial charge in [-0.05, 0) is 51.0 Å². The van der Waals surface area contributed by atoms with E-state index in [-0.39, 0.29) is 5.91 Å². The number of hydrogen-bond donors (Lipinski definition) is 1. The summed E-state index contributed by atoms with van der Waals surface area (Å²) in [6.07, 6.45) is 9.37. The first-order chi connectivity index (χ1) is 11.2. The van der Waals surface area contributed by atoms with Gasteiger partial charge in [-0.1, -0.05) is 12.8 Å². The third-order valence-electron chi connectivity index (χ3n) is 4.95. The first kappa shape index (κ1) is 16.2. The van der Waals surface area contributed by atoms with Gasteiger partial charge >= 0.3 is 0 Å². The predicted molar refractivity (Wildman–Crippen MR) is 91.3 cm³/mol. The zero-order chi connectivity index (χ0) is 16.1. The van der Waals surface area contributed by atoms with Gasteiger partial charge in [0.25, 0.3) is 0 Å². The minimum Gasteiger partial charge on any atom is -0.350 e. The van der Waals surface area contributed by atoms with Crippen LogP contribution in [-0.2, 0) is 11.3 Å². The summed E-state index contributed by atoms with van der Waals surface area (Å²) >= 11 is 0. The molecule has 1 saturated carbocycles. The maximum absolute atomic E-state index is 12.1. The van der Waals surface area contributed by atoms with Gasteiger partial charge in [0.15, 0.2) is 0 Å². The van der Waals surface area contributed by atoms with Crippen LogP contribution in [0.2, 0.25) is 0 Å². The second-order valence-corrected chi connectivity index (χ2v) is 6.98. The Labute approximate surface area is 138 Å². The first-order valence-electron chi connectivity index (χ1n) is 9.07. The van der Waals surface area contributed by atoms with E-state index >= 15 is 0 Å². The van der Waals surface area contributed by atoms with Crippen LogP contribution in [0.4, 0.5) is 5.95 Å². The fourth-order valence-corrected chi connectivity index (χ4v) is 3.68. The lowest BCUT2D eigenvalue weighted by Gasteiger charge is -2.27. The normalized spacial score (nSPS) is 19.1. The zero-order valence-corrected chi connectivity index (χ0v) is 14.2. The molecule has 0 radical (unpaired) electrons. The topological polar surface area (TPSA) is 58.1 Å². The summed E-state index contributed by atoms with van der Waals surface area (Å²) in [6.45, 7) is 4.59. The van der Waals surface area contributed by atoms with Gasteiger partial charge in [0.2, 0.25) is 11.9 Å². The number of anilines is 1. The number of nitrogens with one attached hydrogen (secondary N) is 1. The molecule has 2 aliphatic rings. The summed E-state index contributed by atoms with van der Waals surface area (Å²) in [4.78, 5) is 23.6. The highest BCUT2D eigenvalue weighted by molar-refractivity contribution is 5.76. The fourth-order valence-electron chi connectivity index (χ4n) is 3.68. The van der Waals surface area contributed by atoms with Crippen LogP contribution in [0, 0.1) is 12.8 Å². The third-order valence-corrected chi connectivity index (χ3v) is 4.95. The molecule has 2 fully saturated rings. The smallest absolute Gasteiger partial charge is 0.225 e. The SMILES string of the molecule is Cc1cc(CNC(=O)CC2CCCC2)nc(N2CCCCC2)n1. The molecule has 1 saturated heterocycles. The lowest BCUT2D eigenvalue weighted by atomic mass is 10.0. The van der Waals surface area contributed by atoms with Gasteiger partial charge in [0, 0.05) is 25.2 Å². The Balaban J connectivity index is 1.56. The van der Waals surface area contributed by atoms with Gasteiger partial charge in [-0.25, -0.2) is 9.97 Å². The van der Waals surface area contributed by atoms with Crippen molar-refractivity contribution in [3.63, 3.8) is 0 Å². The van der Waals surface area contributed by atoms with Crippen molar-refractivity contribution in [2.75, 3.05) is 18.0 Å². The number of nitrogens with zero attached hydrogens (tertiary/aromatic N) is 3. The van der Waals surface area contributed by atoms with Crippen molar-refractivity contribution < 1.29 is 4.79 Å². The van der Waals surface area contributed by atoms with Gasteiger partial charge < -0.3 is 10.2 Å². The number of aryl methyl sites for hydroxylation is 1. The quantitative estimate of drug-likeness (QED) is 0.907. The Morgan fingerprint density at radius 3 is 2.65 bits per heavy atom. The molecule has 1 N–H and O–H groups in total. The molecule has 3 rings (SSSR count). The van der Waals surface area contributed by atoms with Crippen molar-refractivity contribution in [2.24, 2.45) is 5.92 Å². The van der Waals surface area contributed by atoms with Crippen molar-refractivity contribution in [1.29, 1.82) is 0 Å². The molecule has 0 bridgehead atoms. The average molecular weight is 316 g/mol. The summed E-state index contributed by atoms with van der Waals surface area (Å²) in [5.74, 6) is 1.57. The molecule has 1 aliphatic carbocycles. The van der Waals surface area contributed by atoms with E-state index in [4.69, 9.17) is 0 Å². The largest absolute Gasteiger partial charge is 0.350 e. The van der Waals surface area contributed by atoms with E-state index in [0.29, 0.717) is 18.9 Å². The number of amides is 1. The number of rotatable bonds is 5. The summed E-state index contributed by atoms with van der Waals surface area (Å²) in [5, 5.41) is 3.04. The Morgan fingerprint density at radius 2 is 1.91 bits per heavy atom. The Morgan fingerprint density at radius 1 is 1.17 bits per heavy atom. The molecule has 23 heavy (non-hydrogen) atoms. The second-order valence-electron chi connectivity index (χ2n) is 6.98. The zero-order valence-electron chi connectivity index (χ0n) is 14.2. The van der Waals surface area contributed by atoms with Crippen LogP contribution in [0.15, 0.2) is 6.07 Å². The van der Waals surface area contributed by atoms with E-state index in [1.54, 1.807) is 0 Å². The first-order valence-corrected chi connectivity index (χ1v) is 9.07. The van der Waals surface area contributed by atoms with E-state index in [1.165, 1.54) is 44.9 Å². The van der Waals surface area contributed by atoms with Crippen LogP contribution in [0.1, 0.15) is 62.8 Å². The molecule has 5 heteroatoms. The maximum atomic E-state index is 12.1. The maximum Gasteiger partial charge on any atom is 0.225 e. The fraction of sp³-hybridized carbons (Fsp3) is 0.722. The summed E-state index contributed by atoms with van der Waals surface area (Å²) in [6, 6.07) is 1.98. The minimum absolute atomic E-state index is 0.160. The molecule has 0 unspecified atom stereocenters.